The zero-order valence-corrected chi connectivity index (χ0v) is 26.5. The first-order valence-electron chi connectivity index (χ1n) is 14.4. The Kier molecular flexibility index (Phi) is 15.4. The summed E-state index contributed by atoms with van der Waals surface area (Å²) < 4.78 is 15.6. The zero-order chi connectivity index (χ0) is 32.4. The van der Waals surface area contributed by atoms with Crippen LogP contribution in [0, 0.1) is 6.92 Å². The summed E-state index contributed by atoms with van der Waals surface area (Å²) in [5, 5.41) is 17.0. The fourth-order valence-electron chi connectivity index (χ4n) is 3.95. The maximum absolute atomic E-state index is 10.3. The van der Waals surface area contributed by atoms with Gasteiger partial charge in [0.15, 0.2) is 11.6 Å². The number of hydrogen-bond donors (Lipinski definition) is 5. The normalized spacial score (nSPS) is 12.9. The van der Waals surface area contributed by atoms with E-state index in [-0.39, 0.29) is 6.61 Å². The number of hydrogen-bond acceptors (Lipinski definition) is 11. The van der Waals surface area contributed by atoms with Crippen LogP contribution in [0.1, 0.15) is 25.3 Å². The third-order valence-electron chi connectivity index (χ3n) is 6.39. The number of nitrogens with two attached hydrogens (primary N) is 1. The van der Waals surface area contributed by atoms with Crippen LogP contribution in [0.2, 0.25) is 0 Å². The Balaban J connectivity index is 0.000000263. The summed E-state index contributed by atoms with van der Waals surface area (Å²) in [6.45, 7) is 5.26. The molecule has 0 spiro atoms. The monoisotopic (exact) mass is 606 g/mol. The fourth-order valence-corrected chi connectivity index (χ4v) is 3.95. The first kappa shape index (κ1) is 35.7. The van der Waals surface area contributed by atoms with Crippen molar-refractivity contribution in [2.24, 2.45) is 5.73 Å². The molecule has 6 N–H and O–H groups in total. The molecular formula is C33H46N6O5. The second-order valence-corrected chi connectivity index (χ2v) is 9.78. The van der Waals surface area contributed by atoms with Gasteiger partial charge in [0.25, 0.3) is 0 Å². The van der Waals surface area contributed by atoms with Crippen LogP contribution in [-0.4, -0.2) is 75.0 Å². The smallest absolute Gasteiger partial charge is 0.174 e. The average molecular weight is 607 g/mol. The van der Waals surface area contributed by atoms with Crippen molar-refractivity contribution in [3.8, 4) is 11.5 Å². The number of para-hydroxylation sites is 2. The topological polar surface area (TPSA) is 153 Å². The zero-order valence-electron chi connectivity index (χ0n) is 26.5. The van der Waals surface area contributed by atoms with Gasteiger partial charge in [0.1, 0.15) is 17.8 Å². The molecule has 3 aromatic carbocycles. The summed E-state index contributed by atoms with van der Waals surface area (Å²) in [6, 6.07) is 21.6. The highest BCUT2D eigenvalue weighted by atomic mass is 16.5. The van der Waals surface area contributed by atoms with E-state index < -0.39 is 5.54 Å². The van der Waals surface area contributed by atoms with E-state index in [9.17, 15) is 4.79 Å². The minimum absolute atomic E-state index is 0.250. The highest BCUT2D eigenvalue weighted by Crippen LogP contribution is 2.30. The number of fused-ring (bicyclic) bond motifs is 1. The van der Waals surface area contributed by atoms with Crippen LogP contribution in [0.5, 0.6) is 11.5 Å². The van der Waals surface area contributed by atoms with E-state index in [1.54, 1.807) is 21.1 Å². The largest absolute Gasteiger partial charge is 0.497 e. The lowest BCUT2D eigenvalue weighted by molar-refractivity contribution is -0.115. The molecule has 0 bridgehead atoms. The number of anilines is 4. The predicted molar refractivity (Wildman–Crippen MR) is 178 cm³/mol. The molecule has 11 heteroatoms. The van der Waals surface area contributed by atoms with E-state index in [1.807, 2.05) is 68.7 Å². The highest BCUT2D eigenvalue weighted by Gasteiger charge is 2.26. The molecule has 44 heavy (non-hydrogen) atoms. The molecule has 0 saturated carbocycles. The van der Waals surface area contributed by atoms with Gasteiger partial charge in [-0.05, 0) is 56.5 Å². The number of carbonyl (C=O) groups is 1. The van der Waals surface area contributed by atoms with Gasteiger partial charge in [-0.15, -0.1) is 0 Å². The van der Waals surface area contributed by atoms with Crippen LogP contribution < -0.4 is 31.2 Å². The van der Waals surface area contributed by atoms with E-state index in [4.69, 9.17) is 25.1 Å². The molecule has 1 saturated heterocycles. The van der Waals surface area contributed by atoms with Crippen LogP contribution in [0.4, 0.5) is 23.0 Å². The van der Waals surface area contributed by atoms with Gasteiger partial charge in [0.05, 0.1) is 30.8 Å². The number of nitrogens with one attached hydrogen (secondary N) is 3. The minimum atomic E-state index is -0.585. The number of rotatable bonds is 7. The van der Waals surface area contributed by atoms with Gasteiger partial charge >= 0.3 is 0 Å². The molecule has 1 aliphatic rings. The Labute approximate surface area is 260 Å². The van der Waals surface area contributed by atoms with E-state index in [0.717, 1.165) is 23.0 Å². The van der Waals surface area contributed by atoms with Gasteiger partial charge in [-0.1, -0.05) is 24.3 Å². The second-order valence-electron chi connectivity index (χ2n) is 9.78. The van der Waals surface area contributed by atoms with E-state index in [2.05, 4.69) is 45.0 Å². The SMILES string of the molecule is CCO.CNc1cccc(C)c1.CNc1nc2ccccc2nc1Nc1cc(OC)cc(OC)c1.NC1(C=O)CCOCC1. The number of aromatic nitrogens is 2. The molecule has 2 heterocycles. The van der Waals surface area contributed by atoms with Crippen molar-refractivity contribution in [3.05, 3.63) is 72.3 Å². The number of aryl methyl sites for hydroxylation is 1. The van der Waals surface area contributed by atoms with Gasteiger partial charge in [-0.25, -0.2) is 9.97 Å². The Hall–Kier alpha value is -4.45. The van der Waals surface area contributed by atoms with Crippen LogP contribution in [0.25, 0.3) is 11.0 Å². The maximum atomic E-state index is 10.3. The van der Waals surface area contributed by atoms with Crippen molar-refractivity contribution in [1.29, 1.82) is 0 Å². The third kappa shape index (κ3) is 11.7. The van der Waals surface area contributed by atoms with Gasteiger partial charge in [-0.2, -0.15) is 0 Å². The molecule has 1 aliphatic heterocycles. The molecule has 0 aliphatic carbocycles. The standard InChI is InChI=1S/C17H18N4O2.C8H11N.C6H11NO2.C2H6O/c1-18-16-17(21-15-7-5-4-6-14(15)20-16)19-11-8-12(22-2)10-13(9-11)23-3;1-7-4-3-5-8(6-7)9-2;7-6(5-8)1-3-9-4-2-6;1-2-3/h4-10H,1-3H3,(H,18,20)(H,19,21);3-6,9H,1-2H3;5H,1-4,7H2;3H,2H2,1H3. The van der Waals surface area contributed by atoms with E-state index >= 15 is 0 Å². The van der Waals surface area contributed by atoms with Crippen molar-refractivity contribution in [3.63, 3.8) is 0 Å². The molecule has 0 atom stereocenters. The van der Waals surface area contributed by atoms with Crippen LogP contribution in [0.15, 0.2) is 66.7 Å². The van der Waals surface area contributed by atoms with Crippen molar-refractivity contribution in [2.75, 3.05) is 64.1 Å². The summed E-state index contributed by atoms with van der Waals surface area (Å²) in [5.41, 5.74) is 9.96. The van der Waals surface area contributed by atoms with E-state index in [0.29, 0.717) is 49.2 Å². The van der Waals surface area contributed by atoms with Crippen LogP contribution >= 0.6 is 0 Å². The molecule has 1 aromatic heterocycles. The number of aldehydes is 1. The Bertz CT molecular complexity index is 1410. The molecule has 0 unspecified atom stereocenters. The Morgan fingerprint density at radius 1 is 0.886 bits per heavy atom. The number of aliphatic hydroxyl groups excluding tert-OH is 1. The van der Waals surface area contributed by atoms with Gasteiger partial charge in [0.2, 0.25) is 0 Å². The van der Waals surface area contributed by atoms with Crippen molar-refractivity contribution in [1.82, 2.24) is 9.97 Å². The molecule has 5 rings (SSSR count). The van der Waals surface area contributed by atoms with Gasteiger partial charge < -0.3 is 45.8 Å². The van der Waals surface area contributed by atoms with Gasteiger partial charge in [0, 0.05) is 63.5 Å². The number of carbonyl (C=O) groups excluding carboxylic acids is 1. The minimum Gasteiger partial charge on any atom is -0.497 e. The first-order valence-corrected chi connectivity index (χ1v) is 14.4. The van der Waals surface area contributed by atoms with Crippen molar-refractivity contribution >= 4 is 40.3 Å². The van der Waals surface area contributed by atoms with Crippen molar-refractivity contribution < 1.29 is 24.1 Å². The number of aliphatic hydroxyl groups is 1. The third-order valence-corrected chi connectivity index (χ3v) is 6.39. The molecule has 238 valence electrons. The lowest BCUT2D eigenvalue weighted by Gasteiger charge is -2.27. The Morgan fingerprint density at radius 2 is 1.45 bits per heavy atom. The maximum Gasteiger partial charge on any atom is 0.174 e. The molecule has 11 nitrogen and oxygen atoms in total. The molecular weight excluding hydrogens is 560 g/mol. The summed E-state index contributed by atoms with van der Waals surface area (Å²) >= 11 is 0. The quantitative estimate of drug-likeness (QED) is 0.177. The lowest BCUT2D eigenvalue weighted by atomic mass is 9.94. The molecule has 4 aromatic rings. The average Bonchev–Trinajstić information content (AvgIpc) is 3.05. The van der Waals surface area contributed by atoms with Crippen molar-refractivity contribution in [2.45, 2.75) is 32.2 Å². The summed E-state index contributed by atoms with van der Waals surface area (Å²) in [7, 11) is 6.98. The fraction of sp³-hybridized carbons (Fsp3) is 0.364. The predicted octanol–water partition coefficient (Wildman–Crippen LogP) is 5.16. The number of nitrogens with zero attached hydrogens (tertiary/aromatic N) is 2. The lowest BCUT2D eigenvalue weighted by Crippen LogP contribution is -2.46. The van der Waals surface area contributed by atoms with Crippen LogP contribution in [-0.2, 0) is 9.53 Å². The second kappa shape index (κ2) is 19.0. The highest BCUT2D eigenvalue weighted by molar-refractivity contribution is 5.82. The molecule has 0 amide bonds. The first-order chi connectivity index (χ1) is 21.2. The number of benzene rings is 3. The molecule has 1 fully saturated rings. The number of methoxy groups -OCH3 is 2. The number of ether oxygens (including phenoxy) is 3. The molecule has 0 radical (unpaired) electrons. The van der Waals surface area contributed by atoms with Gasteiger partial charge in [-0.3, -0.25) is 0 Å². The summed E-state index contributed by atoms with van der Waals surface area (Å²) in [5.74, 6) is 2.71. The Morgan fingerprint density at radius 3 is 1.89 bits per heavy atom. The summed E-state index contributed by atoms with van der Waals surface area (Å²) in [4.78, 5) is 19.5. The summed E-state index contributed by atoms with van der Waals surface area (Å²) in [6.07, 6.45) is 2.16. The van der Waals surface area contributed by atoms with E-state index in [1.165, 1.54) is 11.3 Å². The van der Waals surface area contributed by atoms with Crippen LogP contribution in [0.3, 0.4) is 0 Å².